The van der Waals surface area contributed by atoms with Crippen molar-refractivity contribution in [2.24, 2.45) is 11.1 Å². The Morgan fingerprint density at radius 3 is 2.75 bits per heavy atom. The third-order valence-corrected chi connectivity index (χ3v) is 4.92. The summed E-state index contributed by atoms with van der Waals surface area (Å²) in [6, 6.07) is -0.217. The highest BCUT2D eigenvalue weighted by atomic mass is 32.1. The molecule has 6 heteroatoms. The van der Waals surface area contributed by atoms with E-state index in [0.717, 1.165) is 38.6 Å². The van der Waals surface area contributed by atoms with Gasteiger partial charge in [-0.1, -0.05) is 12.2 Å². The van der Waals surface area contributed by atoms with Crippen LogP contribution in [0, 0.1) is 5.41 Å². The number of piperidine rings is 1. The molecule has 2 N–H and O–H groups in total. The Morgan fingerprint density at radius 1 is 1.35 bits per heavy atom. The SMILES string of the molecule is NC(=S)CC1(CN2CC(=O)N3CCCCC3C2=O)CC1. The highest BCUT2D eigenvalue weighted by Gasteiger charge is 2.48. The summed E-state index contributed by atoms with van der Waals surface area (Å²) in [5.41, 5.74) is 5.70. The molecule has 2 saturated heterocycles. The molecule has 0 aromatic heterocycles. The third kappa shape index (κ3) is 2.53. The van der Waals surface area contributed by atoms with Gasteiger partial charge in [0.05, 0.1) is 11.5 Å². The van der Waals surface area contributed by atoms with Gasteiger partial charge in [-0.3, -0.25) is 9.59 Å². The van der Waals surface area contributed by atoms with E-state index in [9.17, 15) is 9.59 Å². The number of hydrogen-bond acceptors (Lipinski definition) is 3. The molecule has 5 nitrogen and oxygen atoms in total. The normalized spacial score (nSPS) is 28.3. The molecule has 2 amide bonds. The van der Waals surface area contributed by atoms with Crippen molar-refractivity contribution in [2.45, 2.75) is 44.6 Å². The Hall–Kier alpha value is -1.17. The van der Waals surface area contributed by atoms with Gasteiger partial charge in [0.1, 0.15) is 6.04 Å². The smallest absolute Gasteiger partial charge is 0.245 e. The molecule has 20 heavy (non-hydrogen) atoms. The van der Waals surface area contributed by atoms with E-state index in [1.165, 1.54) is 0 Å². The standard InChI is InChI=1S/C14H21N3O2S/c15-11(20)7-14(4-5-14)9-16-8-12(18)17-6-2-1-3-10(17)13(16)19/h10H,1-9H2,(H2,15,20). The third-order valence-electron chi connectivity index (χ3n) is 4.78. The predicted octanol–water partition coefficient (Wildman–Crippen LogP) is 0.666. The fourth-order valence-electron chi connectivity index (χ4n) is 3.51. The van der Waals surface area contributed by atoms with Gasteiger partial charge in [0.15, 0.2) is 0 Å². The van der Waals surface area contributed by atoms with Gasteiger partial charge < -0.3 is 15.5 Å². The van der Waals surface area contributed by atoms with Gasteiger partial charge in [-0.25, -0.2) is 0 Å². The number of fused-ring (bicyclic) bond motifs is 1. The molecule has 110 valence electrons. The fourth-order valence-corrected chi connectivity index (χ4v) is 3.81. The zero-order chi connectivity index (χ0) is 14.3. The fraction of sp³-hybridized carbons (Fsp3) is 0.786. The van der Waals surface area contributed by atoms with Gasteiger partial charge in [-0.05, 0) is 37.5 Å². The van der Waals surface area contributed by atoms with Crippen molar-refractivity contribution in [3.05, 3.63) is 0 Å². The minimum atomic E-state index is -0.217. The molecule has 2 heterocycles. The van der Waals surface area contributed by atoms with Crippen molar-refractivity contribution in [3.8, 4) is 0 Å². The molecule has 0 bridgehead atoms. The Morgan fingerprint density at radius 2 is 2.10 bits per heavy atom. The lowest BCUT2D eigenvalue weighted by Crippen LogP contribution is -2.62. The number of piperazine rings is 1. The van der Waals surface area contributed by atoms with Gasteiger partial charge in [0.25, 0.3) is 0 Å². The molecule has 0 spiro atoms. The van der Waals surface area contributed by atoms with Crippen LogP contribution in [0.1, 0.15) is 38.5 Å². The first-order valence-corrected chi connectivity index (χ1v) is 7.78. The number of nitrogens with two attached hydrogens (primary N) is 1. The zero-order valence-corrected chi connectivity index (χ0v) is 12.5. The Labute approximate surface area is 124 Å². The zero-order valence-electron chi connectivity index (χ0n) is 11.6. The number of carbonyl (C=O) groups excluding carboxylic acids is 2. The van der Waals surface area contributed by atoms with E-state index in [0.29, 0.717) is 18.0 Å². The molecule has 3 rings (SSSR count). The van der Waals surface area contributed by atoms with E-state index in [4.69, 9.17) is 18.0 Å². The monoisotopic (exact) mass is 295 g/mol. The van der Waals surface area contributed by atoms with E-state index in [1.54, 1.807) is 9.80 Å². The number of carbonyl (C=O) groups is 2. The van der Waals surface area contributed by atoms with Crippen LogP contribution in [-0.4, -0.2) is 52.3 Å². The average molecular weight is 295 g/mol. The quantitative estimate of drug-likeness (QED) is 0.774. The molecule has 1 atom stereocenters. The Bertz CT molecular complexity index is 461. The second-order valence-electron chi connectivity index (χ2n) is 6.44. The molecule has 0 radical (unpaired) electrons. The number of hydrogen-bond donors (Lipinski definition) is 1. The maximum Gasteiger partial charge on any atom is 0.245 e. The molecule has 1 saturated carbocycles. The van der Waals surface area contributed by atoms with Crippen molar-refractivity contribution < 1.29 is 9.59 Å². The minimum Gasteiger partial charge on any atom is -0.393 e. The lowest BCUT2D eigenvalue weighted by molar-refractivity contribution is -0.158. The van der Waals surface area contributed by atoms with Crippen molar-refractivity contribution in [1.29, 1.82) is 0 Å². The molecule has 1 aliphatic carbocycles. The first-order chi connectivity index (χ1) is 9.51. The van der Waals surface area contributed by atoms with E-state index in [2.05, 4.69) is 0 Å². The minimum absolute atomic E-state index is 0.0542. The van der Waals surface area contributed by atoms with Crippen LogP contribution < -0.4 is 5.73 Å². The summed E-state index contributed by atoms with van der Waals surface area (Å²) in [5.74, 6) is 0.221. The molecule has 0 aromatic carbocycles. The van der Waals surface area contributed by atoms with Gasteiger partial charge >= 0.3 is 0 Å². The second-order valence-corrected chi connectivity index (χ2v) is 6.96. The van der Waals surface area contributed by atoms with Gasteiger partial charge in [-0.15, -0.1) is 0 Å². The van der Waals surface area contributed by atoms with E-state index in [-0.39, 0.29) is 29.8 Å². The molecule has 2 aliphatic heterocycles. The van der Waals surface area contributed by atoms with Crippen molar-refractivity contribution in [3.63, 3.8) is 0 Å². The summed E-state index contributed by atoms with van der Waals surface area (Å²) < 4.78 is 0. The van der Waals surface area contributed by atoms with E-state index >= 15 is 0 Å². The molecule has 3 aliphatic rings. The Balaban J connectivity index is 1.70. The summed E-state index contributed by atoms with van der Waals surface area (Å²) in [6.07, 6.45) is 5.65. The first kappa shape index (κ1) is 13.8. The maximum absolute atomic E-state index is 12.6. The molecule has 3 fully saturated rings. The predicted molar refractivity (Wildman–Crippen MR) is 79.0 cm³/mol. The first-order valence-electron chi connectivity index (χ1n) is 7.37. The van der Waals surface area contributed by atoms with Crippen LogP contribution in [0.3, 0.4) is 0 Å². The molecule has 0 aromatic rings. The molecular weight excluding hydrogens is 274 g/mol. The van der Waals surface area contributed by atoms with Crippen LogP contribution in [0.4, 0.5) is 0 Å². The van der Waals surface area contributed by atoms with Crippen molar-refractivity contribution in [2.75, 3.05) is 19.6 Å². The summed E-state index contributed by atoms with van der Waals surface area (Å²) in [7, 11) is 0. The summed E-state index contributed by atoms with van der Waals surface area (Å²) in [4.78, 5) is 28.8. The van der Waals surface area contributed by atoms with Gasteiger partial charge in [0.2, 0.25) is 11.8 Å². The second kappa shape index (κ2) is 4.98. The van der Waals surface area contributed by atoms with Crippen molar-refractivity contribution >= 4 is 29.0 Å². The van der Waals surface area contributed by atoms with Crippen LogP contribution in [0.25, 0.3) is 0 Å². The van der Waals surface area contributed by atoms with Gasteiger partial charge in [-0.2, -0.15) is 0 Å². The summed E-state index contributed by atoms with van der Waals surface area (Å²) in [5, 5.41) is 0. The lowest BCUT2D eigenvalue weighted by atomic mass is 9.96. The van der Waals surface area contributed by atoms with Crippen LogP contribution >= 0.6 is 12.2 Å². The van der Waals surface area contributed by atoms with Crippen LogP contribution in [0.15, 0.2) is 0 Å². The molecule has 1 unspecified atom stereocenters. The van der Waals surface area contributed by atoms with Gasteiger partial charge in [0, 0.05) is 19.5 Å². The topological polar surface area (TPSA) is 66.6 Å². The summed E-state index contributed by atoms with van der Waals surface area (Å²) >= 11 is 5.00. The summed E-state index contributed by atoms with van der Waals surface area (Å²) in [6.45, 7) is 1.61. The number of thiocarbonyl (C=S) groups is 1. The highest BCUT2D eigenvalue weighted by molar-refractivity contribution is 7.80. The van der Waals surface area contributed by atoms with E-state index in [1.807, 2.05) is 0 Å². The lowest BCUT2D eigenvalue weighted by Gasteiger charge is -2.43. The number of rotatable bonds is 4. The van der Waals surface area contributed by atoms with Crippen molar-refractivity contribution in [1.82, 2.24) is 9.80 Å². The average Bonchev–Trinajstić information content (AvgIpc) is 3.14. The van der Waals surface area contributed by atoms with Crippen LogP contribution in [0.5, 0.6) is 0 Å². The number of amides is 2. The largest absolute Gasteiger partial charge is 0.393 e. The highest BCUT2D eigenvalue weighted by Crippen LogP contribution is 2.49. The Kier molecular flexibility index (Phi) is 3.44. The maximum atomic E-state index is 12.6. The van der Waals surface area contributed by atoms with E-state index < -0.39 is 0 Å². The van der Waals surface area contributed by atoms with Crippen LogP contribution in [-0.2, 0) is 9.59 Å². The number of nitrogens with zero attached hydrogens (tertiary/aromatic N) is 2. The van der Waals surface area contributed by atoms with Crippen LogP contribution in [0.2, 0.25) is 0 Å². The molecular formula is C14H21N3O2S.